The third-order valence-corrected chi connectivity index (χ3v) is 1.78. The lowest BCUT2D eigenvalue weighted by Crippen LogP contribution is -2.20. The maximum atomic E-state index is 7.55. The number of ether oxygens (including phenoxy) is 1. The number of nitrogens with one attached hydrogen (secondary N) is 1. The van der Waals surface area contributed by atoms with Crippen LogP contribution in [0.4, 0.5) is 0 Å². The fraction of sp³-hybridized carbons (Fsp3) is 1.00. The lowest BCUT2D eigenvalue weighted by atomic mass is 10.1. The highest BCUT2D eigenvalue weighted by molar-refractivity contribution is 4.99. The fourth-order valence-corrected chi connectivity index (χ4v) is 1.18. The lowest BCUT2D eigenvalue weighted by molar-refractivity contribution is -0.0746. The summed E-state index contributed by atoms with van der Waals surface area (Å²) in [4.78, 5) is 0. The van der Waals surface area contributed by atoms with Crippen LogP contribution in [0.2, 0.25) is 1.41 Å². The molecule has 1 heterocycles. The van der Waals surface area contributed by atoms with Gasteiger partial charge >= 0.3 is 0 Å². The normalized spacial score (nSPS) is 46.8. The van der Waals surface area contributed by atoms with E-state index in [4.69, 9.17) is 6.96 Å². The number of methoxy groups -OCH3 is 1. The van der Waals surface area contributed by atoms with Gasteiger partial charge in [0.15, 0.2) is 6.29 Å². The molecule has 1 aliphatic heterocycles. The van der Waals surface area contributed by atoms with E-state index >= 15 is 0 Å². The summed E-state index contributed by atoms with van der Waals surface area (Å²) in [6, 6.07) is -0.543. The molecule has 0 amide bonds. The molecule has 0 bridgehead atoms. The van der Waals surface area contributed by atoms with Gasteiger partial charge in [0.25, 0.3) is 0 Å². The molecule has 1 saturated heterocycles. The summed E-state index contributed by atoms with van der Waals surface area (Å²) in [6.07, 6.45) is -0.424. The lowest BCUT2D eigenvalue weighted by Gasteiger charge is -2.06. The molecular weight excluding hydrogens is 142 g/mol. The zero-order chi connectivity index (χ0) is 12.5. The van der Waals surface area contributed by atoms with Crippen molar-refractivity contribution in [3.63, 3.8) is 0 Å². The third kappa shape index (κ3) is 2.43. The van der Waals surface area contributed by atoms with E-state index in [1.165, 1.54) is 5.31 Å². The van der Waals surface area contributed by atoms with Crippen LogP contribution in [-0.2, 0) is 4.74 Å². The molecule has 0 saturated carbocycles. The van der Waals surface area contributed by atoms with Gasteiger partial charge in [-0.1, -0.05) is 13.8 Å². The topological polar surface area (TPSA) is 51.4 Å². The van der Waals surface area contributed by atoms with Crippen molar-refractivity contribution >= 4 is 0 Å². The van der Waals surface area contributed by atoms with Crippen molar-refractivity contribution < 1.29 is 15.4 Å². The van der Waals surface area contributed by atoms with Gasteiger partial charge in [-0.3, -0.25) is 0 Å². The SMILES string of the molecule is [2H]OC(OC([2H])([2H])[2H])[C@H]1[C@H](CC(C)C)N1[2H]. The number of rotatable bonds is 5. The summed E-state index contributed by atoms with van der Waals surface area (Å²) >= 11 is 0. The van der Waals surface area contributed by atoms with Gasteiger partial charge in [-0.15, -0.1) is 0 Å². The molecule has 4 atom stereocenters. The predicted molar refractivity (Wildman–Crippen MR) is 43.2 cm³/mol. The first-order chi connectivity index (χ1) is 7.26. The fourth-order valence-electron chi connectivity index (χ4n) is 1.18. The number of aliphatic hydroxyl groups is 1. The van der Waals surface area contributed by atoms with E-state index in [0.29, 0.717) is 5.92 Å². The van der Waals surface area contributed by atoms with E-state index < -0.39 is 19.4 Å². The molecule has 2 N–H and O–H groups in total. The van der Waals surface area contributed by atoms with Crippen molar-refractivity contribution in [2.24, 2.45) is 5.92 Å². The van der Waals surface area contributed by atoms with Crippen molar-refractivity contribution in [2.45, 2.75) is 38.6 Å². The first-order valence-corrected chi connectivity index (χ1v) is 3.83. The van der Waals surface area contributed by atoms with Crippen LogP contribution in [0.5, 0.6) is 0 Å². The van der Waals surface area contributed by atoms with Gasteiger partial charge in [0.05, 0.1) is 10.2 Å². The summed E-state index contributed by atoms with van der Waals surface area (Å²) in [7, 11) is -2.60. The van der Waals surface area contributed by atoms with Crippen molar-refractivity contribution in [1.29, 1.82) is 1.43 Å². The Balaban J connectivity index is 2.50. The van der Waals surface area contributed by atoms with Crippen molar-refractivity contribution in [3.05, 3.63) is 0 Å². The first-order valence-electron chi connectivity index (χ1n) is 6.19. The average molecular weight is 164 g/mol. The van der Waals surface area contributed by atoms with Gasteiger partial charge < -0.3 is 15.2 Å². The standard InChI is InChI=1S/C8H17NO2/c1-5(2)4-6-7(9-6)8(10)11-3/h5-10H,4H2,1-3H3/t6-,7+,8?/m0/s1/i3D3,10D/hD. The van der Waals surface area contributed by atoms with Gasteiger partial charge in [0.2, 0.25) is 1.43 Å². The third-order valence-electron chi connectivity index (χ3n) is 1.78. The first kappa shape index (κ1) is 4.21. The molecule has 1 rings (SSSR count). The van der Waals surface area contributed by atoms with Gasteiger partial charge in [0.1, 0.15) is 1.41 Å². The Labute approximate surface area is 74.9 Å². The van der Waals surface area contributed by atoms with E-state index in [1.807, 2.05) is 13.8 Å². The molecule has 11 heavy (non-hydrogen) atoms. The molecule has 0 aromatic rings. The highest BCUT2D eigenvalue weighted by Crippen LogP contribution is 2.22. The monoisotopic (exact) mass is 164 g/mol. The van der Waals surface area contributed by atoms with Crippen LogP contribution in [0.1, 0.15) is 24.4 Å². The van der Waals surface area contributed by atoms with Crippen LogP contribution in [0, 0.1) is 5.92 Å². The number of hydrogen-bond donors (Lipinski definition) is 2. The molecule has 1 aliphatic rings. The Kier molecular flexibility index (Phi) is 1.35. The smallest absolute Gasteiger partial charge is 0.213 e. The second-order valence-corrected chi connectivity index (χ2v) is 3.32. The number of hydrogen-bond acceptors (Lipinski definition) is 3. The van der Waals surface area contributed by atoms with Crippen LogP contribution in [0.25, 0.3) is 0 Å². The molecular formula is C8H17NO2. The largest absolute Gasteiger partial charge is 0.367 e. The minimum atomic E-state index is -2.60. The number of aliphatic hydroxyl groups excluding tert-OH is 1. The highest BCUT2D eigenvalue weighted by atomic mass is 16.6. The van der Waals surface area contributed by atoms with Crippen molar-refractivity contribution in [3.8, 4) is 0 Å². The zero-order valence-corrected chi connectivity index (χ0v) is 6.78. The Morgan fingerprint density at radius 1 is 1.91 bits per heavy atom. The molecule has 2 unspecified atom stereocenters. The second-order valence-electron chi connectivity index (χ2n) is 3.32. The Morgan fingerprint density at radius 3 is 3.27 bits per heavy atom. The minimum Gasteiger partial charge on any atom is -0.367 e. The molecule has 1 fully saturated rings. The minimum absolute atomic E-state index is 0.0855. The van der Waals surface area contributed by atoms with Gasteiger partial charge in [-0.25, -0.2) is 0 Å². The Hall–Kier alpha value is -0.120. The summed E-state index contributed by atoms with van der Waals surface area (Å²) in [5, 5.41) is 5.47. The van der Waals surface area contributed by atoms with E-state index in [2.05, 4.69) is 9.85 Å². The van der Waals surface area contributed by atoms with Crippen LogP contribution in [0.15, 0.2) is 0 Å². The van der Waals surface area contributed by atoms with Crippen LogP contribution >= 0.6 is 0 Å². The molecule has 0 aromatic carbocycles. The maximum absolute atomic E-state index is 7.55. The van der Waals surface area contributed by atoms with Crippen molar-refractivity contribution in [2.75, 3.05) is 7.04 Å². The van der Waals surface area contributed by atoms with E-state index in [1.54, 1.807) is 0 Å². The van der Waals surface area contributed by atoms with E-state index in [0.717, 1.165) is 6.42 Å². The quantitative estimate of drug-likeness (QED) is 0.455. The van der Waals surface area contributed by atoms with Crippen LogP contribution in [0.3, 0.4) is 0 Å². The van der Waals surface area contributed by atoms with Crippen LogP contribution in [-0.4, -0.2) is 32.0 Å². The Morgan fingerprint density at radius 2 is 2.73 bits per heavy atom. The maximum Gasteiger partial charge on any atom is 0.213 e. The van der Waals surface area contributed by atoms with E-state index in [-0.39, 0.29) is 6.04 Å². The zero-order valence-electron chi connectivity index (χ0n) is 11.8. The molecule has 0 aliphatic carbocycles. The Bertz CT molecular complexity index is 235. The van der Waals surface area contributed by atoms with Crippen molar-refractivity contribution in [1.82, 2.24) is 5.31 Å². The molecule has 66 valence electrons. The molecule has 3 nitrogen and oxygen atoms in total. The predicted octanol–water partition coefficient (Wildman–Crippen LogP) is 0.338. The van der Waals surface area contributed by atoms with Gasteiger partial charge in [-0.05, 0) is 12.3 Å². The summed E-state index contributed by atoms with van der Waals surface area (Å²) < 4.78 is 39.7. The summed E-state index contributed by atoms with van der Waals surface area (Å²) in [5.74, 6) is 0.405. The molecule has 0 radical (unpaired) electrons. The average Bonchev–Trinajstić information content (AvgIpc) is 2.70. The summed E-state index contributed by atoms with van der Waals surface area (Å²) in [5.41, 5.74) is 0. The molecule has 3 heteroatoms. The molecule has 0 spiro atoms. The second kappa shape index (κ2) is 3.52. The van der Waals surface area contributed by atoms with Crippen LogP contribution < -0.4 is 5.31 Å². The molecule has 0 aromatic heterocycles. The van der Waals surface area contributed by atoms with E-state index in [9.17, 15) is 0 Å². The van der Waals surface area contributed by atoms with Gasteiger partial charge in [0, 0.05) is 13.1 Å². The van der Waals surface area contributed by atoms with Gasteiger partial charge in [-0.2, -0.15) is 0 Å². The highest BCUT2D eigenvalue weighted by Gasteiger charge is 2.41. The summed E-state index contributed by atoms with van der Waals surface area (Å²) in [6.45, 7) is 4.04.